The zero-order valence-electron chi connectivity index (χ0n) is 15.9. The molecule has 0 aromatic heterocycles. The van der Waals surface area contributed by atoms with Crippen molar-refractivity contribution in [1.29, 1.82) is 0 Å². The van der Waals surface area contributed by atoms with Crippen molar-refractivity contribution in [2.75, 3.05) is 6.54 Å². The van der Waals surface area contributed by atoms with E-state index in [0.717, 1.165) is 42.5 Å². The number of carbonyl (C=O) groups excluding carboxylic acids is 1. The summed E-state index contributed by atoms with van der Waals surface area (Å²) in [5.41, 5.74) is -2.55. The summed E-state index contributed by atoms with van der Waals surface area (Å²) in [6.45, 7) is -1.33. The first kappa shape index (κ1) is 23.6. The average Bonchev–Trinajstić information content (AvgIpc) is 2.70. The molecule has 1 N–H and O–H groups in total. The molecule has 0 saturated carbocycles. The molecule has 0 aliphatic rings. The smallest absolute Gasteiger partial charge is 0.346 e. The number of carbonyl (C=O) groups is 1. The van der Waals surface area contributed by atoms with Gasteiger partial charge in [0.1, 0.15) is 11.6 Å². The minimum atomic E-state index is -4.84. The highest BCUT2D eigenvalue weighted by atomic mass is 35.5. The topological polar surface area (TPSA) is 29.1 Å². The van der Waals surface area contributed by atoms with Gasteiger partial charge in [-0.1, -0.05) is 35.9 Å². The number of benzene rings is 3. The van der Waals surface area contributed by atoms with E-state index in [1.807, 2.05) is 0 Å². The number of rotatable bonds is 5. The van der Waals surface area contributed by atoms with Crippen LogP contribution in [-0.4, -0.2) is 12.5 Å². The van der Waals surface area contributed by atoms with Crippen LogP contribution in [0.3, 0.4) is 0 Å². The zero-order chi connectivity index (χ0) is 23.7. The van der Waals surface area contributed by atoms with Gasteiger partial charge >= 0.3 is 6.18 Å². The van der Waals surface area contributed by atoms with Crippen LogP contribution in [0.1, 0.15) is 21.5 Å². The van der Waals surface area contributed by atoms with E-state index in [4.69, 9.17) is 11.6 Å². The summed E-state index contributed by atoms with van der Waals surface area (Å²) in [6.07, 6.45) is -4.84. The Bertz CT molecular complexity index is 1140. The van der Waals surface area contributed by atoms with Crippen LogP contribution in [0.15, 0.2) is 60.7 Å². The molecular weight excluding hydrogens is 463 g/mol. The van der Waals surface area contributed by atoms with Gasteiger partial charge in [-0.2, -0.15) is 22.0 Å². The Balaban J connectivity index is 1.81. The van der Waals surface area contributed by atoms with Gasteiger partial charge in [-0.05, 0) is 41.5 Å². The molecule has 0 unspecified atom stereocenters. The lowest BCUT2D eigenvalue weighted by Gasteiger charge is -2.20. The van der Waals surface area contributed by atoms with Gasteiger partial charge in [-0.25, -0.2) is 8.78 Å². The van der Waals surface area contributed by atoms with Crippen molar-refractivity contribution in [3.8, 4) is 11.1 Å². The number of halogens is 8. The summed E-state index contributed by atoms with van der Waals surface area (Å²) >= 11 is 5.93. The molecule has 3 rings (SSSR count). The maximum absolute atomic E-state index is 14.6. The second-order valence-corrected chi connectivity index (χ2v) is 7.19. The minimum absolute atomic E-state index is 0.0660. The second kappa shape index (κ2) is 8.82. The predicted molar refractivity (Wildman–Crippen MR) is 104 cm³/mol. The summed E-state index contributed by atoms with van der Waals surface area (Å²) in [5, 5.41) is 1.34. The lowest BCUT2D eigenvalue weighted by molar-refractivity contribution is -0.137. The van der Waals surface area contributed by atoms with Gasteiger partial charge in [-0.3, -0.25) is 4.79 Å². The SMILES string of the molecule is O=C(NCC(F)(F)c1ccc(-c2cc(F)cc(F)c2)cc1Cl)c1ccccc1C(F)(F)F. The van der Waals surface area contributed by atoms with Crippen LogP contribution in [0.2, 0.25) is 5.02 Å². The van der Waals surface area contributed by atoms with Crippen LogP contribution < -0.4 is 5.32 Å². The number of amides is 1. The van der Waals surface area contributed by atoms with Gasteiger partial charge in [0, 0.05) is 11.6 Å². The Morgan fingerprint density at radius 3 is 2.03 bits per heavy atom. The first-order valence-electron chi connectivity index (χ1n) is 8.97. The predicted octanol–water partition coefficient (Wildman–Crippen LogP) is 6.83. The fourth-order valence-corrected chi connectivity index (χ4v) is 3.34. The summed E-state index contributed by atoms with van der Waals surface area (Å²) in [7, 11) is 0. The Kier molecular flexibility index (Phi) is 6.50. The van der Waals surface area contributed by atoms with Crippen molar-refractivity contribution in [3.63, 3.8) is 0 Å². The highest BCUT2D eigenvalue weighted by Crippen LogP contribution is 2.36. The molecular formula is C22H13ClF7NO. The molecule has 0 heterocycles. The minimum Gasteiger partial charge on any atom is -0.346 e. The third-order valence-corrected chi connectivity index (χ3v) is 4.82. The zero-order valence-corrected chi connectivity index (χ0v) is 16.7. The molecule has 0 aliphatic carbocycles. The summed E-state index contributed by atoms with van der Waals surface area (Å²) in [5.74, 6) is -6.81. The molecule has 3 aromatic carbocycles. The van der Waals surface area contributed by atoms with Gasteiger partial charge in [-0.15, -0.1) is 0 Å². The van der Waals surface area contributed by atoms with Gasteiger partial charge in [0.15, 0.2) is 0 Å². The highest BCUT2D eigenvalue weighted by molar-refractivity contribution is 6.31. The molecule has 0 aliphatic heterocycles. The van der Waals surface area contributed by atoms with E-state index in [1.54, 1.807) is 5.32 Å². The molecule has 2 nitrogen and oxygen atoms in total. The molecule has 0 saturated heterocycles. The van der Waals surface area contributed by atoms with E-state index < -0.39 is 57.9 Å². The fourth-order valence-electron chi connectivity index (χ4n) is 3.02. The number of nitrogens with one attached hydrogen (secondary N) is 1. The van der Waals surface area contributed by atoms with Crippen LogP contribution in [0, 0.1) is 11.6 Å². The Morgan fingerprint density at radius 2 is 1.44 bits per heavy atom. The summed E-state index contributed by atoms with van der Waals surface area (Å²) in [6, 6.07) is 9.55. The number of hydrogen-bond donors (Lipinski definition) is 1. The molecule has 0 atom stereocenters. The van der Waals surface area contributed by atoms with Crippen molar-refractivity contribution >= 4 is 17.5 Å². The van der Waals surface area contributed by atoms with E-state index in [0.29, 0.717) is 12.1 Å². The van der Waals surface area contributed by atoms with Gasteiger partial charge in [0.2, 0.25) is 0 Å². The van der Waals surface area contributed by atoms with Gasteiger partial charge < -0.3 is 5.32 Å². The van der Waals surface area contributed by atoms with Crippen LogP contribution >= 0.6 is 11.6 Å². The number of hydrogen-bond acceptors (Lipinski definition) is 1. The molecule has 0 radical (unpaired) electrons. The summed E-state index contributed by atoms with van der Waals surface area (Å²) in [4.78, 5) is 12.1. The molecule has 32 heavy (non-hydrogen) atoms. The van der Waals surface area contributed by atoms with Crippen LogP contribution in [0.4, 0.5) is 30.7 Å². The lowest BCUT2D eigenvalue weighted by Crippen LogP contribution is -2.36. The first-order chi connectivity index (χ1) is 14.9. The quantitative estimate of drug-likeness (QED) is 0.403. The van der Waals surface area contributed by atoms with E-state index in [2.05, 4.69) is 0 Å². The maximum Gasteiger partial charge on any atom is 0.417 e. The molecule has 3 aromatic rings. The molecule has 0 fully saturated rings. The molecule has 0 bridgehead atoms. The standard InChI is InChI=1S/C22H13ClF7NO/c23-19-9-12(13-7-14(24)10-15(25)8-13)5-6-18(19)21(26,27)11-31-20(32)16-3-1-2-4-17(16)22(28,29)30/h1-10H,11H2,(H,31,32). The average molecular weight is 476 g/mol. The van der Waals surface area contributed by atoms with Crippen molar-refractivity contribution in [1.82, 2.24) is 5.32 Å². The molecule has 0 spiro atoms. The Morgan fingerprint density at radius 1 is 0.812 bits per heavy atom. The molecule has 10 heteroatoms. The van der Waals surface area contributed by atoms with E-state index >= 15 is 0 Å². The van der Waals surface area contributed by atoms with E-state index in [9.17, 15) is 35.5 Å². The molecule has 1 amide bonds. The van der Waals surface area contributed by atoms with Crippen molar-refractivity contribution < 1.29 is 35.5 Å². The van der Waals surface area contributed by atoms with E-state index in [-0.39, 0.29) is 11.1 Å². The van der Waals surface area contributed by atoms with Crippen LogP contribution in [0.5, 0.6) is 0 Å². The third kappa shape index (κ3) is 5.21. The van der Waals surface area contributed by atoms with Crippen molar-refractivity contribution in [3.05, 3.63) is 94.0 Å². The third-order valence-electron chi connectivity index (χ3n) is 4.51. The highest BCUT2D eigenvalue weighted by Gasteiger charge is 2.37. The van der Waals surface area contributed by atoms with Gasteiger partial charge in [0.25, 0.3) is 11.8 Å². The van der Waals surface area contributed by atoms with Crippen LogP contribution in [-0.2, 0) is 12.1 Å². The van der Waals surface area contributed by atoms with Crippen LogP contribution in [0.25, 0.3) is 11.1 Å². The molecule has 168 valence electrons. The van der Waals surface area contributed by atoms with Crippen molar-refractivity contribution in [2.24, 2.45) is 0 Å². The normalized spacial score (nSPS) is 12.0. The monoisotopic (exact) mass is 475 g/mol. The lowest BCUT2D eigenvalue weighted by atomic mass is 10.0. The van der Waals surface area contributed by atoms with Gasteiger partial charge in [0.05, 0.1) is 22.7 Å². The Labute approximate surface area is 182 Å². The van der Waals surface area contributed by atoms with Crippen molar-refractivity contribution in [2.45, 2.75) is 12.1 Å². The number of alkyl halides is 5. The second-order valence-electron chi connectivity index (χ2n) is 6.78. The maximum atomic E-state index is 14.6. The Hall–Kier alpha value is -3.07. The van der Waals surface area contributed by atoms with E-state index in [1.165, 1.54) is 6.07 Å². The summed E-state index contributed by atoms with van der Waals surface area (Å²) < 4.78 is 95.2. The fraction of sp³-hybridized carbons (Fsp3) is 0.136. The first-order valence-corrected chi connectivity index (χ1v) is 9.35. The largest absolute Gasteiger partial charge is 0.417 e.